The van der Waals surface area contributed by atoms with Crippen molar-refractivity contribution in [2.75, 3.05) is 0 Å². The zero-order valence-corrected chi connectivity index (χ0v) is 14.5. The third kappa shape index (κ3) is 3.25. The zero-order chi connectivity index (χ0) is 17.9. The van der Waals surface area contributed by atoms with Crippen molar-refractivity contribution in [1.82, 2.24) is 15.1 Å². The van der Waals surface area contributed by atoms with E-state index in [1.54, 1.807) is 12.3 Å². The van der Waals surface area contributed by atoms with E-state index in [0.717, 1.165) is 23.8 Å². The van der Waals surface area contributed by atoms with Crippen molar-refractivity contribution in [2.24, 2.45) is 5.92 Å². The van der Waals surface area contributed by atoms with Crippen molar-refractivity contribution < 1.29 is 4.79 Å². The van der Waals surface area contributed by atoms with E-state index in [9.17, 15) is 9.59 Å². The monoisotopic (exact) mass is 347 g/mol. The minimum absolute atomic E-state index is 0.00592. The van der Waals surface area contributed by atoms with Crippen LogP contribution in [-0.4, -0.2) is 15.7 Å². The van der Waals surface area contributed by atoms with Gasteiger partial charge in [-0.2, -0.15) is 5.10 Å². The Morgan fingerprint density at radius 3 is 2.58 bits per heavy atom. The second-order valence-corrected chi connectivity index (χ2v) is 6.84. The van der Waals surface area contributed by atoms with Gasteiger partial charge in [0, 0.05) is 5.39 Å². The van der Waals surface area contributed by atoms with Crippen molar-refractivity contribution >= 4 is 16.7 Å². The summed E-state index contributed by atoms with van der Waals surface area (Å²) in [6, 6.07) is 17.3. The maximum atomic E-state index is 12.6. The van der Waals surface area contributed by atoms with Gasteiger partial charge in [-0.1, -0.05) is 55.0 Å². The summed E-state index contributed by atoms with van der Waals surface area (Å²) in [5, 5.41) is 8.63. The van der Waals surface area contributed by atoms with E-state index < -0.39 is 0 Å². The summed E-state index contributed by atoms with van der Waals surface area (Å²) in [5.74, 6) is 0.276. The number of nitrogens with zero attached hydrogens (tertiary/aromatic N) is 2. The molecule has 1 saturated carbocycles. The Labute approximate surface area is 151 Å². The lowest BCUT2D eigenvalue weighted by atomic mass is 9.77. The summed E-state index contributed by atoms with van der Waals surface area (Å²) in [5.41, 5.74) is 0.877. The molecule has 1 aliphatic rings. The Morgan fingerprint density at radius 1 is 1.12 bits per heavy atom. The van der Waals surface area contributed by atoms with E-state index in [4.69, 9.17) is 0 Å². The highest BCUT2D eigenvalue weighted by Gasteiger charge is 2.29. The third-order valence-corrected chi connectivity index (χ3v) is 5.15. The molecule has 1 aliphatic carbocycles. The van der Waals surface area contributed by atoms with Crippen LogP contribution in [0.1, 0.15) is 30.9 Å². The van der Waals surface area contributed by atoms with Crippen LogP contribution in [0, 0.1) is 5.92 Å². The molecule has 1 N–H and O–H groups in total. The molecule has 132 valence electrons. The maximum Gasteiger partial charge on any atom is 0.275 e. The van der Waals surface area contributed by atoms with Crippen LogP contribution in [0.3, 0.4) is 0 Å². The van der Waals surface area contributed by atoms with Crippen molar-refractivity contribution in [3.63, 3.8) is 0 Å². The van der Waals surface area contributed by atoms with Crippen LogP contribution in [0.4, 0.5) is 0 Å². The van der Waals surface area contributed by atoms with Gasteiger partial charge in [0.2, 0.25) is 5.91 Å². The molecular formula is C21H21N3O2. The van der Waals surface area contributed by atoms with Crippen LogP contribution in [0.15, 0.2) is 65.6 Å². The Bertz CT molecular complexity index is 977. The van der Waals surface area contributed by atoms with Gasteiger partial charge in [-0.15, -0.1) is 0 Å². The van der Waals surface area contributed by atoms with Gasteiger partial charge in [0.15, 0.2) is 0 Å². The Balaban J connectivity index is 1.54. The van der Waals surface area contributed by atoms with E-state index in [1.165, 1.54) is 11.1 Å². The normalized spacial score (nSPS) is 15.4. The summed E-state index contributed by atoms with van der Waals surface area (Å²) in [6.45, 7) is -0.0697. The number of rotatable bonds is 5. The van der Waals surface area contributed by atoms with Crippen molar-refractivity contribution in [3.05, 3.63) is 76.7 Å². The van der Waals surface area contributed by atoms with E-state index in [1.807, 2.05) is 48.5 Å². The number of nitrogens with one attached hydrogen (secondary N) is 1. The molecule has 0 radical (unpaired) electrons. The van der Waals surface area contributed by atoms with Gasteiger partial charge in [-0.05, 0) is 30.4 Å². The fourth-order valence-corrected chi connectivity index (χ4v) is 3.50. The van der Waals surface area contributed by atoms with Crippen LogP contribution in [0.25, 0.3) is 10.8 Å². The SMILES string of the molecule is O=C(Cn1ncc2ccccc2c1=O)N[C@H](c1ccccc1)C1CCC1. The average molecular weight is 347 g/mol. The summed E-state index contributed by atoms with van der Waals surface area (Å²) in [4.78, 5) is 25.2. The maximum absolute atomic E-state index is 12.6. The third-order valence-electron chi connectivity index (χ3n) is 5.15. The molecule has 0 saturated heterocycles. The van der Waals surface area contributed by atoms with Gasteiger partial charge in [-0.3, -0.25) is 9.59 Å². The first-order valence-corrected chi connectivity index (χ1v) is 9.01. The minimum atomic E-state index is -0.238. The lowest BCUT2D eigenvalue weighted by Gasteiger charge is -2.34. The standard InChI is InChI=1S/C21H21N3O2/c25-19(14-24-21(26)18-12-5-4-9-17(18)13-22-24)23-20(16-10-6-11-16)15-7-2-1-3-8-15/h1-5,7-9,12-13,16,20H,6,10-11,14H2,(H,23,25)/t20-/m1/s1. The fraction of sp³-hybridized carbons (Fsp3) is 0.286. The molecule has 3 aromatic rings. The first-order valence-electron chi connectivity index (χ1n) is 9.01. The quantitative estimate of drug-likeness (QED) is 0.771. The molecule has 0 bridgehead atoms. The number of aromatic nitrogens is 2. The van der Waals surface area contributed by atoms with Gasteiger partial charge >= 0.3 is 0 Å². The number of carbonyl (C=O) groups excluding carboxylic acids is 1. The van der Waals surface area contributed by atoms with E-state index in [-0.39, 0.29) is 24.1 Å². The van der Waals surface area contributed by atoms with Crippen molar-refractivity contribution in [1.29, 1.82) is 0 Å². The highest BCUT2D eigenvalue weighted by atomic mass is 16.2. The Hall–Kier alpha value is -2.95. The molecule has 1 fully saturated rings. The molecule has 0 aliphatic heterocycles. The predicted molar refractivity (Wildman–Crippen MR) is 101 cm³/mol. The molecule has 0 unspecified atom stereocenters. The number of hydrogen-bond acceptors (Lipinski definition) is 3. The molecule has 26 heavy (non-hydrogen) atoms. The van der Waals surface area contributed by atoms with Crippen molar-refractivity contribution in [3.8, 4) is 0 Å². The van der Waals surface area contributed by atoms with Crippen LogP contribution in [0.2, 0.25) is 0 Å². The number of amides is 1. The number of hydrogen-bond donors (Lipinski definition) is 1. The lowest BCUT2D eigenvalue weighted by molar-refractivity contribution is -0.123. The molecule has 1 aromatic heterocycles. The Morgan fingerprint density at radius 2 is 1.85 bits per heavy atom. The van der Waals surface area contributed by atoms with Crippen LogP contribution in [0.5, 0.6) is 0 Å². The Kier molecular flexibility index (Phi) is 4.52. The second-order valence-electron chi connectivity index (χ2n) is 6.84. The first-order chi connectivity index (χ1) is 12.7. The van der Waals surface area contributed by atoms with E-state index in [2.05, 4.69) is 10.4 Å². The van der Waals surface area contributed by atoms with Crippen LogP contribution in [-0.2, 0) is 11.3 Å². The summed E-state index contributed by atoms with van der Waals surface area (Å²) >= 11 is 0. The van der Waals surface area contributed by atoms with E-state index >= 15 is 0 Å². The van der Waals surface area contributed by atoms with Gasteiger partial charge < -0.3 is 5.32 Å². The van der Waals surface area contributed by atoms with Crippen LogP contribution < -0.4 is 10.9 Å². The molecule has 1 atom stereocenters. The largest absolute Gasteiger partial charge is 0.347 e. The fourth-order valence-electron chi connectivity index (χ4n) is 3.50. The molecule has 5 heteroatoms. The van der Waals surface area contributed by atoms with Gasteiger partial charge in [-0.25, -0.2) is 4.68 Å². The van der Waals surface area contributed by atoms with Crippen molar-refractivity contribution in [2.45, 2.75) is 31.8 Å². The molecule has 1 heterocycles. The number of carbonyl (C=O) groups is 1. The molecule has 2 aromatic carbocycles. The minimum Gasteiger partial charge on any atom is -0.347 e. The van der Waals surface area contributed by atoms with E-state index in [0.29, 0.717) is 11.3 Å². The smallest absolute Gasteiger partial charge is 0.275 e. The second kappa shape index (κ2) is 7.12. The molecule has 1 amide bonds. The van der Waals surface area contributed by atoms with Gasteiger partial charge in [0.1, 0.15) is 6.54 Å². The molecule has 4 rings (SSSR count). The summed E-state index contributed by atoms with van der Waals surface area (Å²) in [7, 11) is 0. The topological polar surface area (TPSA) is 64.0 Å². The van der Waals surface area contributed by atoms with Gasteiger partial charge in [0.05, 0.1) is 17.6 Å². The lowest BCUT2D eigenvalue weighted by Crippen LogP contribution is -2.39. The summed E-state index contributed by atoms with van der Waals surface area (Å²) in [6.07, 6.45) is 5.07. The van der Waals surface area contributed by atoms with Gasteiger partial charge in [0.25, 0.3) is 5.56 Å². The highest BCUT2D eigenvalue weighted by molar-refractivity contribution is 5.81. The predicted octanol–water partition coefficient (Wildman–Crippen LogP) is 3.05. The highest BCUT2D eigenvalue weighted by Crippen LogP contribution is 2.37. The average Bonchev–Trinajstić information content (AvgIpc) is 2.63. The molecule has 5 nitrogen and oxygen atoms in total. The zero-order valence-electron chi connectivity index (χ0n) is 14.5. The molecular weight excluding hydrogens is 326 g/mol. The summed E-state index contributed by atoms with van der Waals surface area (Å²) < 4.78 is 1.24. The number of fused-ring (bicyclic) bond motifs is 1. The first kappa shape index (κ1) is 16.5. The number of benzene rings is 2. The van der Waals surface area contributed by atoms with Crippen LogP contribution >= 0.6 is 0 Å². The molecule has 0 spiro atoms.